The lowest BCUT2D eigenvalue weighted by atomic mass is 9.85. The number of rotatable bonds is 2. The van der Waals surface area contributed by atoms with Crippen LogP contribution in [0.2, 0.25) is 5.02 Å². The van der Waals surface area contributed by atoms with Crippen LogP contribution in [0.4, 0.5) is 20.2 Å². The van der Waals surface area contributed by atoms with Gasteiger partial charge in [0.15, 0.2) is 11.6 Å². The summed E-state index contributed by atoms with van der Waals surface area (Å²) in [6, 6.07) is 9.91. The van der Waals surface area contributed by atoms with Crippen molar-refractivity contribution in [2.45, 2.75) is 24.9 Å². The first-order valence-corrected chi connectivity index (χ1v) is 8.99. The Labute approximate surface area is 155 Å². The molecule has 0 radical (unpaired) electrons. The third-order valence-electron chi connectivity index (χ3n) is 4.90. The van der Waals surface area contributed by atoms with Gasteiger partial charge in [-0.1, -0.05) is 23.7 Å². The highest BCUT2D eigenvalue weighted by atomic mass is 35.5. The fourth-order valence-corrected chi connectivity index (χ4v) is 3.74. The van der Waals surface area contributed by atoms with Crippen molar-refractivity contribution < 1.29 is 8.78 Å². The zero-order valence-corrected chi connectivity index (χ0v) is 14.8. The Morgan fingerprint density at radius 1 is 1.12 bits per heavy atom. The minimum atomic E-state index is -0.898. The Balaban J connectivity index is 1.67. The molecule has 0 saturated carbocycles. The van der Waals surface area contributed by atoms with Crippen molar-refractivity contribution >= 4 is 28.8 Å². The van der Waals surface area contributed by atoms with Crippen molar-refractivity contribution in [2.24, 2.45) is 4.99 Å². The van der Waals surface area contributed by atoms with Gasteiger partial charge in [0, 0.05) is 23.7 Å². The highest BCUT2D eigenvalue weighted by molar-refractivity contribution is 6.30. The summed E-state index contributed by atoms with van der Waals surface area (Å²) in [5.74, 6) is -1.02. The van der Waals surface area contributed by atoms with Crippen molar-refractivity contribution in [1.29, 1.82) is 0 Å². The fourth-order valence-electron chi connectivity index (χ4n) is 3.53. The van der Waals surface area contributed by atoms with Gasteiger partial charge in [0.1, 0.15) is 5.84 Å². The van der Waals surface area contributed by atoms with E-state index in [2.05, 4.69) is 20.9 Å². The molecule has 0 aromatic heterocycles. The van der Waals surface area contributed by atoms with Crippen molar-refractivity contribution in [3.63, 3.8) is 0 Å². The van der Waals surface area contributed by atoms with E-state index >= 15 is 0 Å². The number of aliphatic imine (C=N–C) groups is 1. The predicted molar refractivity (Wildman–Crippen MR) is 100 cm³/mol. The molecule has 1 saturated heterocycles. The van der Waals surface area contributed by atoms with E-state index in [9.17, 15) is 8.78 Å². The minimum Gasteiger partial charge on any atom is -0.371 e. The minimum absolute atomic E-state index is 0.404. The highest BCUT2D eigenvalue weighted by Crippen LogP contribution is 2.38. The number of hydrogen-bond acceptors (Lipinski definition) is 4. The molecule has 2 aliphatic heterocycles. The molecular weight excluding hydrogens is 358 g/mol. The number of anilines is 1. The molecule has 1 fully saturated rings. The largest absolute Gasteiger partial charge is 0.371 e. The van der Waals surface area contributed by atoms with Crippen LogP contribution in [-0.2, 0) is 6.54 Å². The zero-order valence-electron chi connectivity index (χ0n) is 14.1. The van der Waals surface area contributed by atoms with Crippen molar-refractivity contribution in [1.82, 2.24) is 10.6 Å². The van der Waals surface area contributed by atoms with E-state index in [1.807, 2.05) is 24.3 Å². The molecule has 2 aromatic rings. The number of piperidine rings is 1. The molecule has 0 unspecified atom stereocenters. The number of nitrogens with zero attached hydrogens (tertiary/aromatic N) is 1. The topological polar surface area (TPSA) is 48.4 Å². The van der Waals surface area contributed by atoms with Gasteiger partial charge >= 0.3 is 0 Å². The maximum Gasteiger partial charge on any atom is 0.161 e. The summed E-state index contributed by atoms with van der Waals surface area (Å²) >= 11 is 6.05. The molecule has 3 N–H and O–H groups in total. The molecule has 26 heavy (non-hydrogen) atoms. The molecule has 4 rings (SSSR count). The van der Waals surface area contributed by atoms with Crippen LogP contribution >= 0.6 is 11.6 Å². The van der Waals surface area contributed by atoms with Gasteiger partial charge in [-0.25, -0.2) is 13.8 Å². The van der Waals surface area contributed by atoms with Crippen LogP contribution in [0, 0.1) is 11.6 Å². The van der Waals surface area contributed by atoms with E-state index in [1.54, 1.807) is 0 Å². The summed E-state index contributed by atoms with van der Waals surface area (Å²) in [4.78, 5) is 4.64. The second-order valence-corrected chi connectivity index (χ2v) is 7.12. The van der Waals surface area contributed by atoms with Crippen LogP contribution in [0.25, 0.3) is 0 Å². The number of hydrogen-bond donors (Lipinski definition) is 3. The summed E-state index contributed by atoms with van der Waals surface area (Å²) in [5.41, 5.74) is 1.54. The van der Waals surface area contributed by atoms with Crippen LogP contribution in [-0.4, -0.2) is 24.5 Å². The Morgan fingerprint density at radius 3 is 2.65 bits per heavy atom. The lowest BCUT2D eigenvalue weighted by molar-refractivity contribution is 0.411. The lowest BCUT2D eigenvalue weighted by Gasteiger charge is -2.43. The maximum absolute atomic E-state index is 13.7. The smallest absolute Gasteiger partial charge is 0.161 e. The van der Waals surface area contributed by atoms with Gasteiger partial charge in [0.05, 0.1) is 16.9 Å². The Bertz CT molecular complexity index is 863. The number of benzene rings is 2. The Hall–Kier alpha value is -2.18. The molecule has 1 spiro atoms. The summed E-state index contributed by atoms with van der Waals surface area (Å²) in [5, 5.41) is 10.8. The first kappa shape index (κ1) is 17.2. The van der Waals surface area contributed by atoms with Crippen LogP contribution in [0.3, 0.4) is 0 Å². The van der Waals surface area contributed by atoms with Crippen LogP contribution in [0.1, 0.15) is 18.4 Å². The van der Waals surface area contributed by atoms with Gasteiger partial charge < -0.3 is 16.0 Å². The second-order valence-electron chi connectivity index (χ2n) is 6.68. The monoisotopic (exact) mass is 376 g/mol. The molecule has 136 valence electrons. The van der Waals surface area contributed by atoms with E-state index < -0.39 is 17.2 Å². The quantitative estimate of drug-likeness (QED) is 0.743. The molecule has 2 aliphatic rings. The van der Waals surface area contributed by atoms with Gasteiger partial charge in [-0.05, 0) is 43.6 Å². The number of nitrogens with one attached hydrogen (secondary N) is 3. The average Bonchev–Trinajstić information content (AvgIpc) is 2.62. The molecule has 0 aliphatic carbocycles. The highest BCUT2D eigenvalue weighted by Gasteiger charge is 2.40. The van der Waals surface area contributed by atoms with E-state index in [0.717, 1.165) is 43.4 Å². The fraction of sp³-hybridized carbons (Fsp3) is 0.316. The van der Waals surface area contributed by atoms with Gasteiger partial charge in [-0.2, -0.15) is 0 Å². The first-order valence-electron chi connectivity index (χ1n) is 8.61. The van der Waals surface area contributed by atoms with Gasteiger partial charge in [-0.15, -0.1) is 0 Å². The zero-order chi connectivity index (χ0) is 18.1. The third-order valence-corrected chi connectivity index (χ3v) is 5.14. The average molecular weight is 377 g/mol. The van der Waals surface area contributed by atoms with Crippen molar-refractivity contribution in [2.75, 3.05) is 18.4 Å². The van der Waals surface area contributed by atoms with Crippen molar-refractivity contribution in [3.8, 4) is 0 Å². The lowest BCUT2D eigenvalue weighted by Crippen LogP contribution is -2.58. The molecule has 0 amide bonds. The predicted octanol–water partition coefficient (Wildman–Crippen LogP) is 3.99. The van der Waals surface area contributed by atoms with Gasteiger partial charge in [0.2, 0.25) is 0 Å². The third kappa shape index (κ3) is 3.27. The normalized spacial score (nSPS) is 18.0. The molecule has 0 bridgehead atoms. The Kier molecular flexibility index (Phi) is 4.54. The van der Waals surface area contributed by atoms with E-state index in [1.165, 1.54) is 6.07 Å². The van der Waals surface area contributed by atoms with Crippen molar-refractivity contribution in [3.05, 3.63) is 58.6 Å². The van der Waals surface area contributed by atoms with Crippen LogP contribution < -0.4 is 16.0 Å². The summed E-state index contributed by atoms with van der Waals surface area (Å²) in [7, 11) is 0. The number of halogens is 3. The Morgan fingerprint density at radius 2 is 1.88 bits per heavy atom. The molecule has 4 nitrogen and oxygen atoms in total. The van der Waals surface area contributed by atoms with E-state index in [4.69, 9.17) is 11.6 Å². The molecule has 2 aromatic carbocycles. The maximum atomic E-state index is 13.7. The molecular formula is C19H19ClF2N4. The van der Waals surface area contributed by atoms with E-state index in [-0.39, 0.29) is 0 Å². The van der Waals surface area contributed by atoms with Crippen LogP contribution in [0.15, 0.2) is 41.4 Å². The SMILES string of the molecule is Fc1cc2c(cc1F)NC1(CCNCC1)C(NCc1cccc(Cl)c1)=N2. The van der Waals surface area contributed by atoms with Gasteiger partial charge in [0.25, 0.3) is 0 Å². The summed E-state index contributed by atoms with van der Waals surface area (Å²) < 4.78 is 27.3. The molecule has 0 atom stereocenters. The van der Waals surface area contributed by atoms with E-state index in [0.29, 0.717) is 22.9 Å². The standard InChI is InChI=1S/C19H19ClF2N4/c20-13-3-1-2-12(8-13)11-24-18-19(4-6-23-7-5-19)26-17-10-15(22)14(21)9-16(17)25-18/h1-3,8-10,23,26H,4-7,11H2,(H,24,25). The molecule has 2 heterocycles. The number of fused-ring (bicyclic) bond motifs is 1. The summed E-state index contributed by atoms with van der Waals surface area (Å²) in [6.45, 7) is 2.20. The summed E-state index contributed by atoms with van der Waals surface area (Å²) in [6.07, 6.45) is 1.60. The number of amidine groups is 1. The molecule has 7 heteroatoms. The second kappa shape index (κ2) is 6.85. The first-order chi connectivity index (χ1) is 12.6. The van der Waals surface area contributed by atoms with Gasteiger partial charge in [-0.3, -0.25) is 0 Å². The van der Waals surface area contributed by atoms with Crippen LogP contribution in [0.5, 0.6) is 0 Å².